The van der Waals surface area contributed by atoms with Crippen LogP contribution in [0.4, 0.5) is 16.3 Å². The van der Waals surface area contributed by atoms with E-state index in [1.165, 1.54) is 0 Å². The molecule has 0 atom stereocenters. The van der Waals surface area contributed by atoms with Crippen LogP contribution in [0.3, 0.4) is 0 Å². The Morgan fingerprint density at radius 3 is 2.55 bits per heavy atom. The van der Waals surface area contributed by atoms with Gasteiger partial charge in [-0.1, -0.05) is 31.0 Å². The van der Waals surface area contributed by atoms with Gasteiger partial charge in [0.15, 0.2) is 0 Å². The molecule has 0 spiro atoms. The molecular formula is C23H25ClN4O3. The highest BCUT2D eigenvalue weighted by Gasteiger charge is 2.15. The number of urea groups is 1. The number of anilines is 2. The Balaban J connectivity index is 1.86. The number of amides is 2. The molecule has 0 radical (unpaired) electrons. The number of carbonyl (C=O) groups is 2. The molecule has 0 bridgehead atoms. The van der Waals surface area contributed by atoms with Crippen molar-refractivity contribution in [1.82, 2.24) is 9.78 Å². The number of nitrogens with one attached hydrogen (secondary N) is 2. The lowest BCUT2D eigenvalue weighted by molar-refractivity contribution is 0.0526. The van der Waals surface area contributed by atoms with E-state index in [9.17, 15) is 9.59 Å². The maximum Gasteiger partial charge on any atom is 0.338 e. The molecule has 2 amide bonds. The van der Waals surface area contributed by atoms with Gasteiger partial charge < -0.3 is 10.1 Å². The number of unbranched alkanes of at least 4 members (excludes halogenated alkanes) is 1. The van der Waals surface area contributed by atoms with E-state index in [1.807, 2.05) is 12.1 Å². The number of hydrogen-bond donors (Lipinski definition) is 2. The summed E-state index contributed by atoms with van der Waals surface area (Å²) in [6, 6.07) is 15.2. The summed E-state index contributed by atoms with van der Waals surface area (Å²) in [4.78, 5) is 24.7. The lowest BCUT2D eigenvalue weighted by Crippen LogP contribution is -2.21. The highest BCUT2D eigenvalue weighted by Crippen LogP contribution is 2.21. The Labute approximate surface area is 186 Å². The lowest BCUT2D eigenvalue weighted by atomic mass is 10.2. The zero-order chi connectivity index (χ0) is 22.2. The smallest absolute Gasteiger partial charge is 0.338 e. The normalized spacial score (nSPS) is 10.5. The monoisotopic (exact) mass is 440 g/mol. The third-order valence-corrected chi connectivity index (χ3v) is 4.74. The maximum atomic E-state index is 12.6. The third kappa shape index (κ3) is 6.08. The minimum atomic E-state index is -0.410. The minimum Gasteiger partial charge on any atom is -0.462 e. The maximum absolute atomic E-state index is 12.6. The van der Waals surface area contributed by atoms with Gasteiger partial charge in [-0.15, -0.1) is 0 Å². The summed E-state index contributed by atoms with van der Waals surface area (Å²) in [7, 11) is 0. The predicted molar refractivity (Wildman–Crippen MR) is 122 cm³/mol. The molecule has 7 nitrogen and oxygen atoms in total. The van der Waals surface area contributed by atoms with Gasteiger partial charge in [0, 0.05) is 16.8 Å². The molecule has 0 aliphatic heterocycles. The van der Waals surface area contributed by atoms with E-state index in [1.54, 1.807) is 54.1 Å². The van der Waals surface area contributed by atoms with Gasteiger partial charge in [0.1, 0.15) is 5.82 Å². The Hall–Kier alpha value is -3.32. The van der Waals surface area contributed by atoms with Crippen molar-refractivity contribution in [1.29, 1.82) is 0 Å². The van der Waals surface area contributed by atoms with Crippen molar-refractivity contribution in [3.63, 3.8) is 0 Å². The Morgan fingerprint density at radius 2 is 1.84 bits per heavy atom. The van der Waals surface area contributed by atoms with E-state index in [2.05, 4.69) is 22.7 Å². The van der Waals surface area contributed by atoms with Crippen LogP contribution in [0.25, 0.3) is 5.69 Å². The van der Waals surface area contributed by atoms with Crippen LogP contribution in [0.5, 0.6) is 0 Å². The molecule has 0 saturated heterocycles. The van der Waals surface area contributed by atoms with Gasteiger partial charge >= 0.3 is 12.0 Å². The second-order valence-electron chi connectivity index (χ2n) is 6.89. The quantitative estimate of drug-likeness (QED) is 0.440. The molecule has 2 aromatic carbocycles. The summed E-state index contributed by atoms with van der Waals surface area (Å²) in [5, 5.41) is 10.8. The van der Waals surface area contributed by atoms with Crippen molar-refractivity contribution >= 4 is 35.1 Å². The SMILES string of the molecule is CCCCc1cc(NC(=O)Nc2ccc(Cl)cc2)n(-c2cccc(C(=O)OCC)c2)n1. The molecule has 0 aliphatic carbocycles. The lowest BCUT2D eigenvalue weighted by Gasteiger charge is -2.11. The number of carbonyl (C=O) groups excluding carboxylic acids is 2. The number of rotatable bonds is 8. The standard InChI is InChI=1S/C23H25ClN4O3/c1-3-5-8-19-15-21(26-23(30)25-18-12-10-17(24)11-13-18)28(27-19)20-9-6-7-16(14-20)22(29)31-4-2/h6-7,9-15H,3-5,8H2,1-2H3,(H2,25,26,30). The first-order valence-corrected chi connectivity index (χ1v) is 10.6. The van der Waals surface area contributed by atoms with Crippen molar-refractivity contribution in [2.24, 2.45) is 0 Å². The van der Waals surface area contributed by atoms with E-state index >= 15 is 0 Å². The van der Waals surface area contributed by atoms with Gasteiger partial charge in [-0.05, 0) is 62.2 Å². The molecule has 2 N–H and O–H groups in total. The van der Waals surface area contributed by atoms with Crippen LogP contribution in [0.15, 0.2) is 54.6 Å². The molecule has 0 saturated carbocycles. The molecule has 162 valence electrons. The predicted octanol–water partition coefficient (Wildman–Crippen LogP) is 5.69. The number of nitrogens with zero attached hydrogens (tertiary/aromatic N) is 2. The summed E-state index contributed by atoms with van der Waals surface area (Å²) in [6.45, 7) is 4.17. The summed E-state index contributed by atoms with van der Waals surface area (Å²) >= 11 is 5.89. The summed E-state index contributed by atoms with van der Waals surface area (Å²) in [6.07, 6.45) is 2.80. The van der Waals surface area contributed by atoms with Crippen LogP contribution in [0.2, 0.25) is 5.02 Å². The molecule has 1 heterocycles. The Kier molecular flexibility index (Phi) is 7.67. The number of ether oxygens (including phenoxy) is 1. The number of benzene rings is 2. The van der Waals surface area contributed by atoms with Crippen molar-refractivity contribution in [2.45, 2.75) is 33.1 Å². The zero-order valence-electron chi connectivity index (χ0n) is 17.5. The third-order valence-electron chi connectivity index (χ3n) is 4.49. The van der Waals surface area contributed by atoms with Crippen LogP contribution in [-0.4, -0.2) is 28.4 Å². The number of aromatic nitrogens is 2. The van der Waals surface area contributed by atoms with Crippen molar-refractivity contribution in [3.8, 4) is 5.69 Å². The molecule has 0 aliphatic rings. The first-order valence-electron chi connectivity index (χ1n) is 10.2. The van der Waals surface area contributed by atoms with Crippen molar-refractivity contribution in [2.75, 3.05) is 17.2 Å². The number of halogens is 1. The van der Waals surface area contributed by atoms with Crippen LogP contribution >= 0.6 is 11.6 Å². The van der Waals surface area contributed by atoms with E-state index in [-0.39, 0.29) is 0 Å². The molecule has 8 heteroatoms. The average molecular weight is 441 g/mol. The van der Waals surface area contributed by atoms with Gasteiger partial charge in [0.2, 0.25) is 0 Å². The number of aryl methyl sites for hydroxylation is 1. The summed E-state index contributed by atoms with van der Waals surface area (Å²) < 4.78 is 6.71. The van der Waals surface area contributed by atoms with Gasteiger partial charge in [0.05, 0.1) is 23.6 Å². The molecular weight excluding hydrogens is 416 g/mol. The van der Waals surface area contributed by atoms with Gasteiger partial charge in [-0.2, -0.15) is 5.10 Å². The summed E-state index contributed by atoms with van der Waals surface area (Å²) in [5.74, 6) is 0.0938. The fraction of sp³-hybridized carbons (Fsp3) is 0.261. The Morgan fingerprint density at radius 1 is 1.06 bits per heavy atom. The highest BCUT2D eigenvalue weighted by atomic mass is 35.5. The van der Waals surface area contributed by atoms with E-state index in [0.717, 1.165) is 25.0 Å². The van der Waals surface area contributed by atoms with Crippen LogP contribution in [-0.2, 0) is 11.2 Å². The van der Waals surface area contributed by atoms with Crippen LogP contribution in [0, 0.1) is 0 Å². The van der Waals surface area contributed by atoms with Crippen molar-refractivity contribution in [3.05, 3.63) is 70.9 Å². The summed E-state index contributed by atoms with van der Waals surface area (Å²) in [5.41, 5.74) is 2.53. The zero-order valence-corrected chi connectivity index (χ0v) is 18.3. The topological polar surface area (TPSA) is 85.2 Å². The number of esters is 1. The molecule has 3 rings (SSSR count). The highest BCUT2D eigenvalue weighted by molar-refractivity contribution is 6.30. The molecule has 0 fully saturated rings. The molecule has 1 aromatic heterocycles. The fourth-order valence-corrected chi connectivity index (χ4v) is 3.11. The second-order valence-corrected chi connectivity index (χ2v) is 7.33. The number of hydrogen-bond acceptors (Lipinski definition) is 4. The minimum absolute atomic E-state index is 0.295. The van der Waals surface area contributed by atoms with Gasteiger partial charge in [-0.3, -0.25) is 5.32 Å². The Bertz CT molecular complexity index is 1050. The van der Waals surface area contributed by atoms with Gasteiger partial charge in [-0.25, -0.2) is 14.3 Å². The molecule has 3 aromatic rings. The van der Waals surface area contributed by atoms with E-state index < -0.39 is 12.0 Å². The van der Waals surface area contributed by atoms with Gasteiger partial charge in [0.25, 0.3) is 0 Å². The van der Waals surface area contributed by atoms with E-state index in [4.69, 9.17) is 16.3 Å². The largest absolute Gasteiger partial charge is 0.462 e. The van der Waals surface area contributed by atoms with E-state index in [0.29, 0.717) is 34.4 Å². The van der Waals surface area contributed by atoms with Crippen molar-refractivity contribution < 1.29 is 14.3 Å². The van der Waals surface area contributed by atoms with Crippen LogP contribution in [0.1, 0.15) is 42.7 Å². The van der Waals surface area contributed by atoms with Crippen LogP contribution < -0.4 is 10.6 Å². The first kappa shape index (κ1) is 22.4. The molecule has 0 unspecified atom stereocenters. The average Bonchev–Trinajstić information content (AvgIpc) is 3.16. The fourth-order valence-electron chi connectivity index (χ4n) is 2.99. The second kappa shape index (κ2) is 10.6. The first-order chi connectivity index (χ1) is 15.0. The molecule has 31 heavy (non-hydrogen) atoms.